The number of carbonyl (C=O) groups is 1. The van der Waals surface area contributed by atoms with Crippen LogP contribution in [0, 0.1) is 13.8 Å². The minimum Gasteiger partial charge on any atom is -0.493 e. The molecule has 109 heavy (non-hydrogen) atoms. The fourth-order valence-electron chi connectivity index (χ4n) is 16.2. The molecule has 0 amide bonds. The van der Waals surface area contributed by atoms with Gasteiger partial charge in [0.1, 0.15) is 5.78 Å². The Bertz CT molecular complexity index is 2190. The van der Waals surface area contributed by atoms with Crippen molar-refractivity contribution in [3.05, 3.63) is 114 Å². The molecular formula is C105H188N2NiO. The summed E-state index contributed by atoms with van der Waals surface area (Å²) in [5, 5.41) is 0. The van der Waals surface area contributed by atoms with Crippen molar-refractivity contribution in [2.24, 2.45) is 0 Å². The molecule has 4 heteroatoms. The predicted octanol–water partition coefficient (Wildman–Crippen LogP) is 37.5. The Hall–Kier alpha value is -2.58. The molecule has 3 nitrogen and oxygen atoms in total. The van der Waals surface area contributed by atoms with Crippen LogP contribution in [0.3, 0.4) is 0 Å². The molecule has 0 spiro atoms. The summed E-state index contributed by atoms with van der Waals surface area (Å²) in [6, 6.07) is 17.0. The van der Waals surface area contributed by atoms with Gasteiger partial charge in [0.15, 0.2) is 0 Å². The van der Waals surface area contributed by atoms with Gasteiger partial charge in [-0.15, -0.1) is 0 Å². The summed E-state index contributed by atoms with van der Waals surface area (Å²) in [4.78, 5) is 11.9. The fourth-order valence-corrected chi connectivity index (χ4v) is 16.2. The quantitative estimate of drug-likeness (QED) is 0.0282. The van der Waals surface area contributed by atoms with Gasteiger partial charge in [0.2, 0.25) is 11.4 Å². The van der Waals surface area contributed by atoms with Crippen molar-refractivity contribution < 1.29 is 26.0 Å². The molecule has 1 aliphatic heterocycles. The molecule has 0 aromatic heterocycles. The number of rotatable bonds is 81. The van der Waals surface area contributed by atoms with Crippen LogP contribution in [0.1, 0.15) is 551 Å². The first-order valence-electron chi connectivity index (χ1n) is 49.2. The van der Waals surface area contributed by atoms with E-state index >= 15 is 0 Å². The minimum absolute atomic E-state index is 0. The van der Waals surface area contributed by atoms with Crippen molar-refractivity contribution in [3.8, 4) is 0 Å². The van der Waals surface area contributed by atoms with Gasteiger partial charge in [0.25, 0.3) is 0 Å². The summed E-state index contributed by atoms with van der Waals surface area (Å²) in [6.07, 6.45) is 117. The molecule has 0 bridgehead atoms. The van der Waals surface area contributed by atoms with Crippen LogP contribution in [0.5, 0.6) is 0 Å². The van der Waals surface area contributed by atoms with E-state index in [0.29, 0.717) is 12.8 Å². The van der Waals surface area contributed by atoms with E-state index in [1.54, 1.807) is 6.92 Å². The second kappa shape index (κ2) is 87.8. The van der Waals surface area contributed by atoms with Crippen LogP contribution in [0.15, 0.2) is 72.3 Å². The van der Waals surface area contributed by atoms with E-state index in [1.165, 1.54) is 479 Å². The second-order valence-electron chi connectivity index (χ2n) is 34.2. The fraction of sp³-hybridized carbons (Fsp3) is 0.800. The second-order valence-corrected chi connectivity index (χ2v) is 34.2. The Labute approximate surface area is 694 Å². The molecule has 634 valence electrons. The minimum atomic E-state index is 0. The van der Waals surface area contributed by atoms with Gasteiger partial charge in [-0.2, -0.15) is 12.8 Å². The van der Waals surface area contributed by atoms with Crippen LogP contribution in [-0.2, 0) is 34.1 Å². The summed E-state index contributed by atoms with van der Waals surface area (Å²) in [7, 11) is 0. The zero-order valence-corrected chi connectivity index (χ0v) is 75.2. The largest absolute Gasteiger partial charge is 2.00 e. The van der Waals surface area contributed by atoms with Crippen LogP contribution in [0.25, 0.3) is 16.9 Å². The number of aryl methyl sites for hydroxylation is 2. The van der Waals surface area contributed by atoms with E-state index in [1.807, 2.05) is 12.1 Å². The Kier molecular flexibility index (Phi) is 85.7. The molecule has 0 aliphatic carbocycles. The Morgan fingerprint density at radius 2 is 0.615 bits per heavy atom. The van der Waals surface area contributed by atoms with Gasteiger partial charge in [0.05, 0.1) is 5.57 Å². The van der Waals surface area contributed by atoms with E-state index in [9.17, 15) is 10.3 Å². The van der Waals surface area contributed by atoms with E-state index in [0.717, 1.165) is 59.3 Å². The molecule has 1 heterocycles. The van der Waals surface area contributed by atoms with Crippen molar-refractivity contribution >= 4 is 17.2 Å². The van der Waals surface area contributed by atoms with Crippen LogP contribution < -0.4 is 0 Å². The number of unbranched alkanes of at least 4 members (excludes halogenated alkanes) is 72. The molecular weight excluding hydrogens is 1360 g/mol. The summed E-state index contributed by atoms with van der Waals surface area (Å²) < 4.78 is 1.40. The molecule has 0 fully saturated rings. The van der Waals surface area contributed by atoms with Crippen molar-refractivity contribution in [2.75, 3.05) is 0 Å². The Morgan fingerprint density at radius 1 is 0.339 bits per heavy atom. The van der Waals surface area contributed by atoms with Crippen LogP contribution in [0.4, 0.5) is 0 Å². The first kappa shape index (κ1) is 106. The molecule has 3 rings (SSSR count). The maximum Gasteiger partial charge on any atom is 2.00 e. The number of Topliss-reactive ketones (excluding diaryl/α,β-unsaturated/α-hetero) is 1. The van der Waals surface area contributed by atoms with Gasteiger partial charge in [-0.05, 0) is 68.4 Å². The maximum atomic E-state index is 11.9. The molecule has 0 saturated heterocycles. The van der Waals surface area contributed by atoms with E-state index < -0.39 is 0 Å². The van der Waals surface area contributed by atoms with Gasteiger partial charge in [0, 0.05) is 23.6 Å². The molecule has 0 N–H and O–H groups in total. The van der Waals surface area contributed by atoms with E-state index in [2.05, 4.69) is 96.2 Å². The van der Waals surface area contributed by atoms with Crippen LogP contribution in [-0.4, -0.2) is 10.5 Å². The van der Waals surface area contributed by atoms with E-state index in [-0.39, 0.29) is 22.3 Å². The van der Waals surface area contributed by atoms with E-state index in [4.69, 9.17) is 0 Å². The van der Waals surface area contributed by atoms with Crippen molar-refractivity contribution in [1.29, 1.82) is 0 Å². The molecule has 0 radical (unpaired) electrons. The molecule has 0 saturated carbocycles. The van der Waals surface area contributed by atoms with Crippen LogP contribution in [0.2, 0.25) is 0 Å². The summed E-state index contributed by atoms with van der Waals surface area (Å²) in [5.74, 6) is 0.186. The molecule has 0 atom stereocenters. The molecule has 1 aliphatic rings. The first-order chi connectivity index (χ1) is 53.4. The van der Waals surface area contributed by atoms with Crippen molar-refractivity contribution in [3.63, 3.8) is 0 Å². The zero-order chi connectivity index (χ0) is 77.8. The summed E-state index contributed by atoms with van der Waals surface area (Å²) in [5.41, 5.74) is 19.0. The van der Waals surface area contributed by atoms with Gasteiger partial charge >= 0.3 is 16.5 Å². The maximum absolute atomic E-state index is 11.9. The van der Waals surface area contributed by atoms with Gasteiger partial charge in [-0.1, -0.05) is 526 Å². The monoisotopic (exact) mass is 1550 g/mol. The third-order valence-electron chi connectivity index (χ3n) is 23.5. The normalized spacial score (nSPS) is 12.1. The Balaban J connectivity index is 0.00000183. The average Bonchev–Trinajstić information content (AvgIpc) is 1.63. The van der Waals surface area contributed by atoms with Gasteiger partial charge in [-0.25, -0.2) is 4.70 Å². The molecule has 0 unspecified atom stereocenters. The third-order valence-corrected chi connectivity index (χ3v) is 23.5. The number of nitrogens with zero attached hydrogens (tertiary/aromatic N) is 2. The van der Waals surface area contributed by atoms with Gasteiger partial charge < -0.3 is 24.2 Å². The smallest absolute Gasteiger partial charge is 0.493 e. The Morgan fingerprint density at radius 3 is 0.908 bits per heavy atom. The number of carbonyl (C=O) groups excluding carboxylic acids is 1. The predicted molar refractivity (Wildman–Crippen MR) is 488 cm³/mol. The number of benzene rings is 2. The van der Waals surface area contributed by atoms with Crippen molar-refractivity contribution in [2.45, 2.75) is 542 Å². The molecule has 2 aromatic rings. The number of hydrogen-bond acceptors (Lipinski definition) is 1. The summed E-state index contributed by atoms with van der Waals surface area (Å²) in [6.45, 7) is 18.6. The molecule has 2 aromatic carbocycles. The number of ketones is 1. The topological polar surface area (TPSA) is 42.4 Å². The zero-order valence-electron chi connectivity index (χ0n) is 74.2. The summed E-state index contributed by atoms with van der Waals surface area (Å²) >= 11 is 0. The SMILES string of the molecule is CCCCCCCCCCCCCCCCCCCCCCCC=CC1=C(c2cccc(CCCCCCCC)c2)[N+](=[N-])C(c2ccccc2CCC(C)=O)=C1.[CH2-]CCCCCCCCCCCCCCCCCCCCCCCCC.[CH2-]CCCCCCCCCCCCCCCCCCCCCCCCC.[Ni+2]. The van der Waals surface area contributed by atoms with Gasteiger partial charge in [-0.3, -0.25) is 0 Å². The van der Waals surface area contributed by atoms with Crippen molar-refractivity contribution in [1.82, 2.24) is 0 Å². The number of hydrogen-bond donors (Lipinski definition) is 0. The standard InChI is InChI=1S/C53H82N2O.2C26H53.Ni/c1-4-6-8-10-12-13-14-15-16-17-18-19-20-21-22-23-24-25-26-27-28-30-32-39-50-45-52(51-41-34-33-38-48(51)43-42-46(3)56)55(54)53(50)49-40-35-37-47(44-49)36-31-29-11-9-7-5-2;2*1-3-5-7-9-11-13-15-17-19-21-23-25-26-24-22-20-18-16-14-12-10-8-6-4-2;/h32-35,37-41,44-45H,4-31,36,42-43H2,1-3H3;2*1,3-26H2,2H3;/q;2*-1;+2. The van der Waals surface area contributed by atoms with Crippen LogP contribution >= 0.6 is 0 Å². The number of allylic oxidation sites excluding steroid dienone is 4. The average molecular weight is 1550 g/mol. The third kappa shape index (κ3) is 70.6. The first-order valence-corrected chi connectivity index (χ1v) is 49.2.